The lowest BCUT2D eigenvalue weighted by Gasteiger charge is -2.04. The van der Waals surface area contributed by atoms with Crippen molar-refractivity contribution >= 4 is 36.3 Å². The maximum Gasteiger partial charge on any atom is 0.488 e. The third-order valence-corrected chi connectivity index (χ3v) is 11.7. The molecule has 7 aromatic carbocycles. The van der Waals surface area contributed by atoms with Crippen LogP contribution in [0, 0.1) is 0 Å². The van der Waals surface area contributed by atoms with Gasteiger partial charge in [0.1, 0.15) is 0 Å². The zero-order valence-electron chi connectivity index (χ0n) is 44.6. The minimum atomic E-state index is -1.34. The highest BCUT2D eigenvalue weighted by Crippen LogP contribution is 2.14. The molecule has 2 aromatic heterocycles. The number of carbonyl (C=O) groups excluding carboxylic acids is 4. The number of esters is 2. The van der Waals surface area contributed by atoms with E-state index < -0.39 is 18.9 Å². The van der Waals surface area contributed by atoms with Crippen molar-refractivity contribution in [3.8, 4) is 0 Å². The lowest BCUT2D eigenvalue weighted by Crippen LogP contribution is -2.29. The van der Waals surface area contributed by atoms with Crippen LogP contribution in [0.1, 0.15) is 81.2 Å². The Kier molecular flexibility index (Phi) is 26.7. The molecule has 6 N–H and O–H groups in total. The van der Waals surface area contributed by atoms with Gasteiger partial charge in [-0.1, -0.05) is 164 Å². The number of nitrogens with one attached hydrogen (secondary N) is 2. The Morgan fingerprint density at radius 2 is 0.713 bits per heavy atom. The first-order valence-electron chi connectivity index (χ1n) is 25.4. The first kappa shape index (κ1) is 61.2. The van der Waals surface area contributed by atoms with E-state index in [1.807, 2.05) is 145 Å². The van der Waals surface area contributed by atoms with Crippen LogP contribution >= 0.6 is 0 Å². The molecule has 0 fully saturated rings. The number of nitrogens with zero attached hydrogens (tertiary/aromatic N) is 2. The predicted octanol–water partition coefficient (Wildman–Crippen LogP) is 10.3. The van der Waals surface area contributed by atoms with Crippen molar-refractivity contribution in [1.29, 1.82) is 0 Å². The number of methoxy groups -OCH3 is 2. The molecule has 0 aliphatic heterocycles. The second-order valence-corrected chi connectivity index (χ2v) is 17.6. The molecule has 80 heavy (non-hydrogen) atoms. The summed E-state index contributed by atoms with van der Waals surface area (Å²) < 4.78 is 13.4. The van der Waals surface area contributed by atoms with Gasteiger partial charge >= 0.3 is 19.1 Å². The van der Waals surface area contributed by atoms with E-state index in [2.05, 4.69) is 62.6 Å². The SMILES string of the molecule is C1=CCC=C1.COC(=O)c1ccc(Cc2ccccc2)cc1.COC(=O)c1ccc(Cn2cccc2)cc1.O=C(NO)c1ccc(Cc2ccccc2)cc1.O=C(NO)c1ccc(Cn2cccc2)cc1.OB(O)c1ccccc1. The molecule has 0 atom stereocenters. The van der Waals surface area contributed by atoms with Gasteiger partial charge in [-0.3, -0.25) is 20.0 Å². The van der Waals surface area contributed by atoms with E-state index >= 15 is 0 Å². The largest absolute Gasteiger partial charge is 0.488 e. The van der Waals surface area contributed by atoms with Crippen LogP contribution in [-0.2, 0) is 35.4 Å². The fraction of sp³-hybridized carbons (Fsp3) is 0.108. The predicted molar refractivity (Wildman–Crippen MR) is 312 cm³/mol. The van der Waals surface area contributed by atoms with Gasteiger partial charge in [0.25, 0.3) is 11.8 Å². The van der Waals surface area contributed by atoms with E-state index in [1.165, 1.54) is 30.9 Å². The Morgan fingerprint density at radius 3 is 0.988 bits per heavy atom. The Bertz CT molecular complexity index is 3030. The van der Waals surface area contributed by atoms with Gasteiger partial charge < -0.3 is 28.7 Å². The molecule has 2 heterocycles. The maximum absolute atomic E-state index is 11.3. The summed E-state index contributed by atoms with van der Waals surface area (Å²) in [5.74, 6) is -1.58. The van der Waals surface area contributed by atoms with Crippen LogP contribution in [0.25, 0.3) is 0 Å². The molecule has 0 radical (unpaired) electrons. The fourth-order valence-electron chi connectivity index (χ4n) is 7.46. The van der Waals surface area contributed by atoms with Crippen molar-refractivity contribution in [1.82, 2.24) is 20.1 Å². The third-order valence-electron chi connectivity index (χ3n) is 11.7. The molecule has 0 spiro atoms. The lowest BCUT2D eigenvalue weighted by molar-refractivity contribution is 0.0592. The normalized spacial score (nSPS) is 10.4. The molecule has 1 aliphatic carbocycles. The summed E-state index contributed by atoms with van der Waals surface area (Å²) in [6, 6.07) is 66.1. The van der Waals surface area contributed by atoms with E-state index in [4.69, 9.17) is 20.5 Å². The molecular weight excluding hydrogens is 1010 g/mol. The van der Waals surface area contributed by atoms with Crippen molar-refractivity contribution < 1.29 is 49.1 Å². The van der Waals surface area contributed by atoms with Crippen molar-refractivity contribution in [3.63, 3.8) is 0 Å². The van der Waals surface area contributed by atoms with Crippen molar-refractivity contribution in [2.24, 2.45) is 0 Å². The maximum atomic E-state index is 11.3. The second-order valence-electron chi connectivity index (χ2n) is 17.6. The quantitative estimate of drug-likeness (QED) is 0.0279. The zero-order valence-corrected chi connectivity index (χ0v) is 44.6. The zero-order chi connectivity index (χ0) is 57.2. The van der Waals surface area contributed by atoms with Crippen molar-refractivity contribution in [2.45, 2.75) is 32.4 Å². The number of hydrogen-bond donors (Lipinski definition) is 6. The summed E-state index contributed by atoms with van der Waals surface area (Å²) in [5.41, 5.74) is 12.9. The van der Waals surface area contributed by atoms with Crippen molar-refractivity contribution in [3.05, 3.63) is 317 Å². The van der Waals surface area contributed by atoms with E-state index in [-0.39, 0.29) is 11.9 Å². The van der Waals surface area contributed by atoms with Crippen LogP contribution in [-0.4, -0.2) is 74.7 Å². The number of hydrogen-bond acceptors (Lipinski definition) is 10. The third kappa shape index (κ3) is 22.5. The van der Waals surface area contributed by atoms with Crippen LogP contribution in [0.15, 0.2) is 261 Å². The monoisotopic (exact) mass is 1070 g/mol. The molecule has 0 saturated carbocycles. The summed E-state index contributed by atoms with van der Waals surface area (Å²) in [7, 11) is 1.43. The number of allylic oxidation sites excluding steroid dienone is 4. The topological polar surface area (TPSA) is 202 Å². The average molecular weight is 1070 g/mol. The summed E-state index contributed by atoms with van der Waals surface area (Å²) in [6.07, 6.45) is 19.2. The summed E-state index contributed by atoms with van der Waals surface area (Å²) >= 11 is 0. The number of benzene rings is 7. The van der Waals surface area contributed by atoms with Gasteiger partial charge in [-0.2, -0.15) is 0 Å². The van der Waals surface area contributed by atoms with Gasteiger partial charge in [0.15, 0.2) is 0 Å². The van der Waals surface area contributed by atoms with Gasteiger partial charge in [0.2, 0.25) is 0 Å². The van der Waals surface area contributed by atoms with E-state index in [0.29, 0.717) is 27.7 Å². The van der Waals surface area contributed by atoms with E-state index in [1.54, 1.807) is 83.8 Å². The first-order chi connectivity index (χ1) is 39.0. The average Bonchev–Trinajstić information content (AvgIpc) is 4.37. The van der Waals surface area contributed by atoms with Gasteiger partial charge in [0.05, 0.1) is 25.3 Å². The molecule has 408 valence electrons. The standard InChI is InChI=1S/C15H14O2.C14H13NO2.C13H13NO2.C12H12N2O2.C6H7BO2.C5H6/c1-17-15(16)14-9-7-13(8-10-14)11-12-5-3-2-4-6-12;16-14(15-17)13-8-6-12(7-9-13)10-11-4-2-1-3-5-11;1-16-13(15)12-6-4-11(5-7-12)10-14-8-2-3-9-14;15-12(13-16)11-5-3-10(4-6-11)9-14-7-1-2-8-14;8-7(9)6-4-2-1-3-5-6;1-2-4-5-3-1/h2-10H,11H2,1H3;1-9,17H,10H2,(H,15,16);2-9H,10H2,1H3;1-8,16H,9H2,(H,13,15);1-5,8-9H;1-4H,5H2. The van der Waals surface area contributed by atoms with E-state index in [0.717, 1.165) is 49.0 Å². The highest BCUT2D eigenvalue weighted by molar-refractivity contribution is 6.58. The number of amides is 2. The van der Waals surface area contributed by atoms with E-state index in [9.17, 15) is 19.2 Å². The molecule has 2 amide bonds. The Hall–Kier alpha value is -9.64. The fourth-order valence-corrected chi connectivity index (χ4v) is 7.46. The van der Waals surface area contributed by atoms with Crippen LogP contribution in [0.4, 0.5) is 0 Å². The number of rotatable bonds is 13. The highest BCUT2D eigenvalue weighted by Gasteiger charge is 2.09. The molecule has 0 bridgehead atoms. The second kappa shape index (κ2) is 34.9. The number of carbonyl (C=O) groups is 4. The molecular formula is C65H65BN4O10. The smallest absolute Gasteiger partial charge is 0.465 e. The van der Waals surface area contributed by atoms with Crippen LogP contribution in [0.2, 0.25) is 0 Å². The Balaban J connectivity index is 0.000000181. The lowest BCUT2D eigenvalue weighted by atomic mass is 9.81. The number of ether oxygens (including phenoxy) is 2. The van der Waals surface area contributed by atoms with Gasteiger partial charge in [-0.05, 0) is 131 Å². The Labute approximate surface area is 467 Å². The molecule has 0 saturated heterocycles. The minimum Gasteiger partial charge on any atom is -0.465 e. The molecule has 9 aromatic rings. The molecule has 14 nitrogen and oxygen atoms in total. The summed E-state index contributed by atoms with van der Waals surface area (Å²) in [6.45, 7) is 1.59. The Morgan fingerprint density at radius 1 is 0.412 bits per heavy atom. The van der Waals surface area contributed by atoms with Gasteiger partial charge in [-0.15, -0.1) is 0 Å². The molecule has 1 aliphatic rings. The first-order valence-corrected chi connectivity index (χ1v) is 25.4. The number of aromatic nitrogens is 2. The highest BCUT2D eigenvalue weighted by atomic mass is 16.5. The number of hydroxylamine groups is 2. The summed E-state index contributed by atoms with van der Waals surface area (Å²) in [4.78, 5) is 44.7. The molecule has 15 heteroatoms. The molecule has 0 unspecified atom stereocenters. The summed E-state index contributed by atoms with van der Waals surface area (Å²) in [5, 5.41) is 34.1. The van der Waals surface area contributed by atoms with Gasteiger partial charge in [-0.25, -0.2) is 20.5 Å². The van der Waals surface area contributed by atoms with Crippen molar-refractivity contribution in [2.75, 3.05) is 14.2 Å². The van der Waals surface area contributed by atoms with Crippen LogP contribution in [0.5, 0.6) is 0 Å². The molecule has 10 rings (SSSR count). The van der Waals surface area contributed by atoms with Gasteiger partial charge in [0, 0.05) is 49.0 Å². The minimum absolute atomic E-state index is 0.295. The van der Waals surface area contributed by atoms with Crippen LogP contribution in [0.3, 0.4) is 0 Å². The van der Waals surface area contributed by atoms with Crippen LogP contribution < -0.4 is 16.4 Å².